The second-order valence-electron chi connectivity index (χ2n) is 2.85. The molecule has 2 unspecified atom stereocenters. The molecule has 0 fully saturated rings. The molecule has 3 nitrogen and oxygen atoms in total. The monoisotopic (exact) mass is 251 g/mol. The van der Waals surface area contributed by atoms with E-state index in [2.05, 4.69) is 0 Å². The van der Waals surface area contributed by atoms with E-state index < -0.39 is 27.5 Å². The van der Waals surface area contributed by atoms with Gasteiger partial charge in [0.2, 0.25) is 0 Å². The summed E-state index contributed by atoms with van der Waals surface area (Å²) in [6.45, 7) is 0. The minimum atomic E-state index is -5.08. The largest absolute Gasteiger partial charge is 0.548 e. The Balaban J connectivity index is 3.12. The Kier molecular flexibility index (Phi) is 3.69. The topological polar surface area (TPSA) is 57.2 Å². The van der Waals surface area contributed by atoms with Crippen molar-refractivity contribution in [3.05, 3.63) is 35.9 Å². The van der Waals surface area contributed by atoms with Crippen molar-refractivity contribution in [3.8, 4) is 0 Å². The van der Waals surface area contributed by atoms with Crippen LogP contribution in [0.15, 0.2) is 30.3 Å². The molecule has 0 bridgehead atoms. The molecule has 1 rings (SSSR count). The molecule has 0 N–H and O–H groups in total. The predicted octanol–water partition coefficient (Wildman–Crippen LogP) is 0.746. The molecule has 16 heavy (non-hydrogen) atoms. The molecule has 0 amide bonds. The lowest BCUT2D eigenvalue weighted by molar-refractivity contribution is -0.305. The highest BCUT2D eigenvalue weighted by molar-refractivity contribution is 7.86. The highest BCUT2D eigenvalue weighted by Crippen LogP contribution is 2.31. The van der Waals surface area contributed by atoms with E-state index in [1.54, 1.807) is 0 Å². The number of alkyl halides is 3. The van der Waals surface area contributed by atoms with Crippen molar-refractivity contribution >= 4 is 16.8 Å². The molecule has 7 heteroatoms. The number of carbonyl (C=O) groups is 1. The highest BCUT2D eigenvalue weighted by atomic mass is 32.2. The van der Waals surface area contributed by atoms with Crippen molar-refractivity contribution in [2.24, 2.45) is 0 Å². The van der Waals surface area contributed by atoms with Crippen molar-refractivity contribution in [3.63, 3.8) is 0 Å². The van der Waals surface area contributed by atoms with Gasteiger partial charge in [-0.25, -0.2) is 4.21 Å². The Bertz CT molecular complexity index is 402. The van der Waals surface area contributed by atoms with E-state index in [0.717, 1.165) is 12.1 Å². The summed E-state index contributed by atoms with van der Waals surface area (Å²) in [5.41, 5.74) is -5.28. The Morgan fingerprint density at radius 3 is 2.12 bits per heavy atom. The van der Waals surface area contributed by atoms with Gasteiger partial charge in [0, 0.05) is 0 Å². The molecule has 88 valence electrons. The SMILES string of the molecule is O=C([O-])C(c1ccccc1)S(=O)C(F)(F)F. The lowest BCUT2D eigenvalue weighted by Gasteiger charge is -2.19. The first-order valence-electron chi connectivity index (χ1n) is 4.07. The van der Waals surface area contributed by atoms with Gasteiger partial charge in [-0.05, 0) is 5.56 Å². The van der Waals surface area contributed by atoms with E-state index >= 15 is 0 Å². The van der Waals surface area contributed by atoms with Gasteiger partial charge in [0.25, 0.3) is 0 Å². The van der Waals surface area contributed by atoms with Gasteiger partial charge in [0.05, 0.1) is 5.97 Å². The zero-order valence-electron chi connectivity index (χ0n) is 7.73. The Morgan fingerprint density at radius 1 is 1.25 bits per heavy atom. The maximum atomic E-state index is 12.2. The fourth-order valence-corrected chi connectivity index (χ4v) is 1.95. The molecular formula is C9H6F3O3S-. The second-order valence-corrected chi connectivity index (χ2v) is 4.38. The smallest absolute Gasteiger partial charge is 0.472 e. The summed E-state index contributed by atoms with van der Waals surface area (Å²) in [5, 5.41) is 8.39. The van der Waals surface area contributed by atoms with E-state index in [-0.39, 0.29) is 5.56 Å². The molecular weight excluding hydrogens is 245 g/mol. The van der Waals surface area contributed by atoms with Crippen LogP contribution < -0.4 is 5.11 Å². The molecule has 0 aliphatic rings. The summed E-state index contributed by atoms with van der Waals surface area (Å²) in [7, 11) is -3.52. The van der Waals surface area contributed by atoms with E-state index in [4.69, 9.17) is 0 Å². The first kappa shape index (κ1) is 12.7. The maximum Gasteiger partial charge on any atom is 0.472 e. The van der Waals surface area contributed by atoms with E-state index in [1.165, 1.54) is 18.2 Å². The normalized spacial score (nSPS) is 15.4. The number of carboxylic acids is 1. The van der Waals surface area contributed by atoms with E-state index in [9.17, 15) is 27.3 Å². The zero-order chi connectivity index (χ0) is 12.3. The quantitative estimate of drug-likeness (QED) is 0.796. The molecule has 0 spiro atoms. The van der Waals surface area contributed by atoms with E-state index in [0.29, 0.717) is 0 Å². The molecule has 1 aromatic carbocycles. The number of hydrogen-bond acceptors (Lipinski definition) is 3. The first-order chi connectivity index (χ1) is 7.34. The molecule has 0 radical (unpaired) electrons. The van der Waals surface area contributed by atoms with Gasteiger partial charge >= 0.3 is 5.51 Å². The van der Waals surface area contributed by atoms with Gasteiger partial charge in [-0.3, -0.25) is 0 Å². The summed E-state index contributed by atoms with van der Waals surface area (Å²) < 4.78 is 47.4. The van der Waals surface area contributed by atoms with Crippen LogP contribution in [0.2, 0.25) is 0 Å². The molecule has 0 saturated heterocycles. The number of halogens is 3. The van der Waals surface area contributed by atoms with Gasteiger partial charge in [-0.2, -0.15) is 13.2 Å². The Hall–Kier alpha value is -1.37. The van der Waals surface area contributed by atoms with Crippen LogP contribution in [0.1, 0.15) is 10.8 Å². The highest BCUT2D eigenvalue weighted by Gasteiger charge is 2.43. The number of benzene rings is 1. The van der Waals surface area contributed by atoms with Crippen LogP contribution in [0.25, 0.3) is 0 Å². The predicted molar refractivity (Wildman–Crippen MR) is 48.4 cm³/mol. The molecule has 0 aromatic heterocycles. The number of hydrogen-bond donors (Lipinski definition) is 0. The summed E-state index contributed by atoms with van der Waals surface area (Å²) >= 11 is 0. The molecule has 0 heterocycles. The minimum Gasteiger partial charge on any atom is -0.548 e. The fourth-order valence-electron chi connectivity index (χ4n) is 1.11. The van der Waals surface area contributed by atoms with Crippen molar-refractivity contribution in [1.29, 1.82) is 0 Å². The van der Waals surface area contributed by atoms with Crippen LogP contribution in [-0.2, 0) is 15.6 Å². The summed E-state index contributed by atoms with van der Waals surface area (Å²) in [6, 6.07) is 6.54. The van der Waals surface area contributed by atoms with Crippen molar-refractivity contribution in [2.75, 3.05) is 0 Å². The third-order valence-corrected chi connectivity index (χ3v) is 3.11. The fraction of sp³-hybridized carbons (Fsp3) is 0.222. The van der Waals surface area contributed by atoms with E-state index in [1.807, 2.05) is 0 Å². The standard InChI is InChI=1S/C9H7F3O3S/c10-9(11,12)16(15)7(8(13)14)6-4-2-1-3-5-6/h1-5,7H,(H,13,14)/p-1. The average Bonchev–Trinajstić information content (AvgIpc) is 2.17. The van der Waals surface area contributed by atoms with Gasteiger partial charge in [0.1, 0.15) is 16.0 Å². The van der Waals surface area contributed by atoms with Crippen LogP contribution in [0, 0.1) is 0 Å². The van der Waals surface area contributed by atoms with Crippen LogP contribution in [0.3, 0.4) is 0 Å². The third-order valence-electron chi connectivity index (χ3n) is 1.76. The first-order valence-corrected chi connectivity index (χ1v) is 5.28. The minimum absolute atomic E-state index is 0.196. The maximum absolute atomic E-state index is 12.2. The molecule has 0 aliphatic heterocycles. The Labute approximate surface area is 91.4 Å². The summed E-state index contributed by atoms with van der Waals surface area (Å²) in [5.74, 6) is -2.01. The van der Waals surface area contributed by atoms with Gasteiger partial charge in [-0.15, -0.1) is 0 Å². The molecule has 2 atom stereocenters. The Morgan fingerprint density at radius 2 is 1.75 bits per heavy atom. The van der Waals surface area contributed by atoms with Gasteiger partial charge in [-0.1, -0.05) is 30.3 Å². The zero-order valence-corrected chi connectivity index (χ0v) is 8.55. The molecule has 1 aromatic rings. The average molecular weight is 251 g/mol. The number of aliphatic carboxylic acids is 1. The van der Waals surface area contributed by atoms with Crippen LogP contribution in [0.4, 0.5) is 13.2 Å². The van der Waals surface area contributed by atoms with Crippen molar-refractivity contribution in [1.82, 2.24) is 0 Å². The number of carbonyl (C=O) groups excluding carboxylic acids is 1. The van der Waals surface area contributed by atoms with Crippen LogP contribution in [-0.4, -0.2) is 15.7 Å². The van der Waals surface area contributed by atoms with Crippen molar-refractivity contribution < 1.29 is 27.3 Å². The van der Waals surface area contributed by atoms with Gasteiger partial charge in [0.15, 0.2) is 0 Å². The van der Waals surface area contributed by atoms with Crippen molar-refractivity contribution in [2.45, 2.75) is 10.8 Å². The lowest BCUT2D eigenvalue weighted by atomic mass is 10.1. The third kappa shape index (κ3) is 2.82. The molecule has 0 saturated carbocycles. The lowest BCUT2D eigenvalue weighted by Crippen LogP contribution is -2.36. The summed E-state index contributed by atoms with van der Waals surface area (Å²) in [4.78, 5) is 10.6. The van der Waals surface area contributed by atoms with Gasteiger partial charge < -0.3 is 9.90 Å². The van der Waals surface area contributed by atoms with Crippen LogP contribution >= 0.6 is 0 Å². The second kappa shape index (κ2) is 4.65. The summed E-state index contributed by atoms with van der Waals surface area (Å²) in [6.07, 6.45) is 0. The number of carboxylic acid groups (broad SMARTS) is 1. The number of rotatable bonds is 3. The van der Waals surface area contributed by atoms with Crippen LogP contribution in [0.5, 0.6) is 0 Å². The molecule has 0 aliphatic carbocycles.